The van der Waals surface area contributed by atoms with Gasteiger partial charge in [0.2, 0.25) is 5.95 Å². The highest BCUT2D eigenvalue weighted by Crippen LogP contribution is 2.04. The first-order valence-corrected chi connectivity index (χ1v) is 4.78. The molecule has 0 aromatic carbocycles. The summed E-state index contributed by atoms with van der Waals surface area (Å²) in [4.78, 5) is 4.27. The first kappa shape index (κ1) is 10.8. The minimum atomic E-state index is 0.281. The quantitative estimate of drug-likeness (QED) is 0.737. The van der Waals surface area contributed by atoms with Crippen LogP contribution < -0.4 is 11.1 Å². The molecule has 78 valence electrons. The van der Waals surface area contributed by atoms with Crippen molar-refractivity contribution >= 4 is 5.95 Å². The summed E-state index contributed by atoms with van der Waals surface area (Å²) in [5.74, 6) is 0.578. The summed E-state index contributed by atoms with van der Waals surface area (Å²) in [7, 11) is 0. The van der Waals surface area contributed by atoms with Crippen LogP contribution in [0.3, 0.4) is 0 Å². The van der Waals surface area contributed by atoms with Crippen LogP contribution in [0.2, 0.25) is 0 Å². The number of aromatic nitrogens is 3. The molecule has 0 aliphatic rings. The highest BCUT2D eigenvalue weighted by molar-refractivity contribution is 5.25. The summed E-state index contributed by atoms with van der Waals surface area (Å²) in [6.07, 6.45) is 0.899. The standard InChI is InChI=1S/C9H17N5/c1-6(4-5-10)11-9-12-7(2)8(3)13-14-9/h6H,4-5,10H2,1-3H3,(H,11,12,14). The van der Waals surface area contributed by atoms with Crippen molar-refractivity contribution in [3.05, 3.63) is 11.4 Å². The van der Waals surface area contributed by atoms with Gasteiger partial charge in [-0.3, -0.25) is 0 Å². The monoisotopic (exact) mass is 195 g/mol. The zero-order valence-corrected chi connectivity index (χ0v) is 8.91. The Morgan fingerprint density at radius 2 is 2.00 bits per heavy atom. The van der Waals surface area contributed by atoms with E-state index in [1.165, 1.54) is 0 Å². The zero-order chi connectivity index (χ0) is 10.6. The number of hydrogen-bond acceptors (Lipinski definition) is 5. The lowest BCUT2D eigenvalue weighted by Gasteiger charge is -2.12. The second-order valence-corrected chi connectivity index (χ2v) is 3.43. The Bertz CT molecular complexity index is 299. The molecule has 0 aliphatic carbocycles. The molecule has 0 aliphatic heterocycles. The van der Waals surface area contributed by atoms with Crippen LogP contribution in [0.4, 0.5) is 5.95 Å². The van der Waals surface area contributed by atoms with Gasteiger partial charge >= 0.3 is 0 Å². The van der Waals surface area contributed by atoms with E-state index in [9.17, 15) is 0 Å². The Morgan fingerprint density at radius 1 is 1.29 bits per heavy atom. The number of nitrogens with zero attached hydrogens (tertiary/aromatic N) is 3. The van der Waals surface area contributed by atoms with Crippen molar-refractivity contribution < 1.29 is 0 Å². The summed E-state index contributed by atoms with van der Waals surface area (Å²) < 4.78 is 0. The Kier molecular flexibility index (Phi) is 3.76. The maximum atomic E-state index is 5.44. The molecule has 3 N–H and O–H groups in total. The largest absolute Gasteiger partial charge is 0.350 e. The van der Waals surface area contributed by atoms with Gasteiger partial charge in [-0.25, -0.2) is 4.98 Å². The lowest BCUT2D eigenvalue weighted by molar-refractivity contribution is 0.702. The topological polar surface area (TPSA) is 76.7 Å². The molecule has 0 bridgehead atoms. The van der Waals surface area contributed by atoms with E-state index in [1.54, 1.807) is 0 Å². The Hall–Kier alpha value is -1.23. The minimum Gasteiger partial charge on any atom is -0.350 e. The minimum absolute atomic E-state index is 0.281. The number of anilines is 1. The van der Waals surface area contributed by atoms with Gasteiger partial charge in [0.1, 0.15) is 0 Å². The number of hydrogen-bond donors (Lipinski definition) is 2. The SMILES string of the molecule is Cc1nnc(NC(C)CCN)nc1C. The summed E-state index contributed by atoms with van der Waals surface area (Å²) in [5.41, 5.74) is 7.21. The van der Waals surface area contributed by atoms with Gasteiger partial charge in [0.05, 0.1) is 11.4 Å². The van der Waals surface area contributed by atoms with Gasteiger partial charge in [0, 0.05) is 6.04 Å². The average Bonchev–Trinajstić information content (AvgIpc) is 2.12. The van der Waals surface area contributed by atoms with Crippen LogP contribution in [0.1, 0.15) is 24.7 Å². The van der Waals surface area contributed by atoms with E-state index in [0.717, 1.165) is 17.8 Å². The van der Waals surface area contributed by atoms with Crippen molar-refractivity contribution in [2.75, 3.05) is 11.9 Å². The van der Waals surface area contributed by atoms with Crippen LogP contribution in [0.25, 0.3) is 0 Å². The van der Waals surface area contributed by atoms with E-state index >= 15 is 0 Å². The third kappa shape index (κ3) is 2.92. The second kappa shape index (κ2) is 4.85. The van der Waals surface area contributed by atoms with Crippen LogP contribution in [0.5, 0.6) is 0 Å². The molecule has 1 aromatic rings. The lowest BCUT2D eigenvalue weighted by atomic mass is 10.2. The summed E-state index contributed by atoms with van der Waals surface area (Å²) >= 11 is 0. The summed E-state index contributed by atoms with van der Waals surface area (Å²) in [6, 6.07) is 0.281. The van der Waals surface area contributed by atoms with E-state index in [0.29, 0.717) is 12.5 Å². The molecule has 5 nitrogen and oxygen atoms in total. The maximum absolute atomic E-state index is 5.44. The fourth-order valence-corrected chi connectivity index (χ4v) is 1.06. The molecule has 5 heteroatoms. The van der Waals surface area contributed by atoms with Crippen molar-refractivity contribution in [1.82, 2.24) is 15.2 Å². The predicted molar refractivity (Wildman–Crippen MR) is 56.1 cm³/mol. The van der Waals surface area contributed by atoms with Crippen molar-refractivity contribution in [2.24, 2.45) is 5.73 Å². The molecule has 1 unspecified atom stereocenters. The van der Waals surface area contributed by atoms with E-state index in [1.807, 2.05) is 20.8 Å². The smallest absolute Gasteiger partial charge is 0.243 e. The molecule has 0 fully saturated rings. The molecule has 1 rings (SSSR count). The van der Waals surface area contributed by atoms with Crippen molar-refractivity contribution in [3.8, 4) is 0 Å². The highest BCUT2D eigenvalue weighted by atomic mass is 15.2. The van der Waals surface area contributed by atoms with Crippen LogP contribution in [0, 0.1) is 13.8 Å². The van der Waals surface area contributed by atoms with Gasteiger partial charge in [-0.2, -0.15) is 5.10 Å². The molecule has 0 amide bonds. The van der Waals surface area contributed by atoms with E-state index in [2.05, 4.69) is 20.5 Å². The first-order chi connectivity index (χ1) is 6.63. The Labute approximate surface area is 84.1 Å². The van der Waals surface area contributed by atoms with Gasteiger partial charge in [-0.1, -0.05) is 0 Å². The third-order valence-electron chi connectivity index (χ3n) is 2.07. The van der Waals surface area contributed by atoms with Crippen molar-refractivity contribution in [1.29, 1.82) is 0 Å². The molecule has 0 saturated carbocycles. The molecule has 1 aromatic heterocycles. The Balaban J connectivity index is 2.63. The third-order valence-corrected chi connectivity index (χ3v) is 2.07. The van der Waals surface area contributed by atoms with Crippen LogP contribution in [0.15, 0.2) is 0 Å². The van der Waals surface area contributed by atoms with Crippen LogP contribution >= 0.6 is 0 Å². The molecule has 0 saturated heterocycles. The fraction of sp³-hybridized carbons (Fsp3) is 0.667. The van der Waals surface area contributed by atoms with Gasteiger partial charge in [-0.15, -0.1) is 5.10 Å². The predicted octanol–water partition coefficient (Wildman–Crippen LogP) is 0.638. The van der Waals surface area contributed by atoms with Crippen LogP contribution in [-0.4, -0.2) is 27.8 Å². The molecule has 1 heterocycles. The van der Waals surface area contributed by atoms with Crippen molar-refractivity contribution in [3.63, 3.8) is 0 Å². The number of nitrogens with two attached hydrogens (primary N) is 1. The number of nitrogens with one attached hydrogen (secondary N) is 1. The molecular weight excluding hydrogens is 178 g/mol. The summed E-state index contributed by atoms with van der Waals surface area (Å²) in [6.45, 7) is 6.52. The molecule has 0 radical (unpaired) electrons. The van der Waals surface area contributed by atoms with Gasteiger partial charge < -0.3 is 11.1 Å². The zero-order valence-electron chi connectivity index (χ0n) is 8.91. The maximum Gasteiger partial charge on any atom is 0.243 e. The van der Waals surface area contributed by atoms with E-state index in [-0.39, 0.29) is 6.04 Å². The highest BCUT2D eigenvalue weighted by Gasteiger charge is 2.04. The summed E-state index contributed by atoms with van der Waals surface area (Å²) in [5, 5.41) is 11.1. The average molecular weight is 195 g/mol. The van der Waals surface area contributed by atoms with Gasteiger partial charge in [0.15, 0.2) is 0 Å². The number of rotatable bonds is 4. The molecular formula is C9H17N5. The van der Waals surface area contributed by atoms with Crippen LogP contribution in [-0.2, 0) is 0 Å². The molecule has 0 spiro atoms. The lowest BCUT2D eigenvalue weighted by Crippen LogP contribution is -2.21. The Morgan fingerprint density at radius 3 is 2.57 bits per heavy atom. The molecule has 14 heavy (non-hydrogen) atoms. The first-order valence-electron chi connectivity index (χ1n) is 4.78. The van der Waals surface area contributed by atoms with Crippen molar-refractivity contribution in [2.45, 2.75) is 33.2 Å². The number of aryl methyl sites for hydroxylation is 2. The normalized spacial score (nSPS) is 12.6. The van der Waals surface area contributed by atoms with Gasteiger partial charge in [-0.05, 0) is 33.7 Å². The second-order valence-electron chi connectivity index (χ2n) is 3.43. The van der Waals surface area contributed by atoms with E-state index in [4.69, 9.17) is 5.73 Å². The van der Waals surface area contributed by atoms with Gasteiger partial charge in [0.25, 0.3) is 0 Å². The van der Waals surface area contributed by atoms with E-state index < -0.39 is 0 Å². The fourth-order valence-electron chi connectivity index (χ4n) is 1.06. The molecule has 1 atom stereocenters.